The summed E-state index contributed by atoms with van der Waals surface area (Å²) < 4.78 is 1.62. The van der Waals surface area contributed by atoms with E-state index in [9.17, 15) is 4.79 Å². The number of carbonyl (C=O) groups excluding carboxylic acids is 1. The fourth-order valence-corrected chi connectivity index (χ4v) is 5.25. The van der Waals surface area contributed by atoms with E-state index in [2.05, 4.69) is 44.6 Å². The molecule has 6 nitrogen and oxygen atoms in total. The first kappa shape index (κ1) is 16.6. The summed E-state index contributed by atoms with van der Waals surface area (Å²) in [7, 11) is 1.80. The van der Waals surface area contributed by atoms with Crippen molar-refractivity contribution in [2.24, 2.45) is 13.0 Å². The average Bonchev–Trinajstić information content (AvgIpc) is 3.43. The predicted octanol–water partition coefficient (Wildman–Crippen LogP) is 2.58. The van der Waals surface area contributed by atoms with Crippen molar-refractivity contribution in [2.45, 2.75) is 18.5 Å². The Morgan fingerprint density at radius 1 is 1.22 bits per heavy atom. The van der Waals surface area contributed by atoms with E-state index in [0.29, 0.717) is 17.5 Å². The summed E-state index contributed by atoms with van der Waals surface area (Å²) in [6.45, 7) is 2.86. The lowest BCUT2D eigenvalue weighted by Crippen LogP contribution is -2.34. The van der Waals surface area contributed by atoms with Gasteiger partial charge in [0.25, 0.3) is 5.91 Å². The van der Waals surface area contributed by atoms with Crippen molar-refractivity contribution in [1.82, 2.24) is 25.0 Å². The van der Waals surface area contributed by atoms with E-state index >= 15 is 0 Å². The van der Waals surface area contributed by atoms with Crippen LogP contribution in [0.25, 0.3) is 0 Å². The van der Waals surface area contributed by atoms with Gasteiger partial charge in [-0.2, -0.15) is 5.10 Å². The highest BCUT2D eigenvalue weighted by Crippen LogP contribution is 2.49. The van der Waals surface area contributed by atoms with Gasteiger partial charge in [0.15, 0.2) is 0 Å². The SMILES string of the molecule is Cn1nccc1C(=O)N[C@@H]1c2ccccc2[C@@H]2CN(Cc3nccs3)C[C@H]12. The molecule has 138 valence electrons. The zero-order valence-corrected chi connectivity index (χ0v) is 15.9. The van der Waals surface area contributed by atoms with Gasteiger partial charge in [-0.1, -0.05) is 24.3 Å². The van der Waals surface area contributed by atoms with Crippen molar-refractivity contribution in [3.8, 4) is 0 Å². The van der Waals surface area contributed by atoms with Gasteiger partial charge < -0.3 is 5.32 Å². The molecule has 2 aromatic heterocycles. The maximum Gasteiger partial charge on any atom is 0.270 e. The largest absolute Gasteiger partial charge is 0.344 e. The number of hydrogen-bond donors (Lipinski definition) is 1. The van der Waals surface area contributed by atoms with Gasteiger partial charge >= 0.3 is 0 Å². The Morgan fingerprint density at radius 2 is 2.07 bits per heavy atom. The normalized spacial score (nSPS) is 24.0. The highest BCUT2D eigenvalue weighted by molar-refractivity contribution is 7.09. The summed E-state index contributed by atoms with van der Waals surface area (Å²) in [6.07, 6.45) is 3.52. The fraction of sp³-hybridized carbons (Fsp3) is 0.350. The molecule has 2 aliphatic rings. The van der Waals surface area contributed by atoms with Crippen molar-refractivity contribution in [1.29, 1.82) is 0 Å². The van der Waals surface area contributed by atoms with E-state index in [1.54, 1.807) is 35.3 Å². The third-order valence-electron chi connectivity index (χ3n) is 5.78. The van der Waals surface area contributed by atoms with Crippen LogP contribution >= 0.6 is 11.3 Å². The van der Waals surface area contributed by atoms with Crippen molar-refractivity contribution in [3.63, 3.8) is 0 Å². The zero-order chi connectivity index (χ0) is 18.4. The second-order valence-electron chi connectivity index (χ2n) is 7.31. The Kier molecular flexibility index (Phi) is 4.06. The lowest BCUT2D eigenvalue weighted by atomic mass is 9.94. The first-order valence-electron chi connectivity index (χ1n) is 9.19. The Morgan fingerprint density at radius 3 is 2.81 bits per heavy atom. The van der Waals surface area contributed by atoms with Gasteiger partial charge in [0.05, 0.1) is 12.6 Å². The molecule has 1 aliphatic heterocycles. The topological polar surface area (TPSA) is 63.1 Å². The van der Waals surface area contributed by atoms with Gasteiger partial charge in [-0.15, -0.1) is 11.3 Å². The highest BCUT2D eigenvalue weighted by atomic mass is 32.1. The number of benzene rings is 1. The van der Waals surface area contributed by atoms with Crippen LogP contribution in [0.4, 0.5) is 0 Å². The van der Waals surface area contributed by atoms with Crippen LogP contribution in [0, 0.1) is 5.92 Å². The number of aromatic nitrogens is 3. The van der Waals surface area contributed by atoms with E-state index in [1.807, 2.05) is 11.6 Å². The predicted molar refractivity (Wildman–Crippen MR) is 103 cm³/mol. The monoisotopic (exact) mass is 379 g/mol. The summed E-state index contributed by atoms with van der Waals surface area (Å²) in [5.41, 5.74) is 3.23. The van der Waals surface area contributed by atoms with Gasteiger partial charge in [-0.25, -0.2) is 4.98 Å². The lowest BCUT2D eigenvalue weighted by molar-refractivity contribution is 0.0914. The summed E-state index contributed by atoms with van der Waals surface area (Å²) >= 11 is 1.70. The van der Waals surface area contributed by atoms with Crippen LogP contribution in [-0.2, 0) is 13.6 Å². The molecular formula is C20H21N5OS. The molecule has 7 heteroatoms. The molecule has 3 atom stereocenters. The maximum atomic E-state index is 12.8. The Balaban J connectivity index is 1.40. The summed E-state index contributed by atoms with van der Waals surface area (Å²) in [5, 5.41) is 10.6. The number of aryl methyl sites for hydroxylation is 1. The maximum absolute atomic E-state index is 12.8. The molecule has 0 unspecified atom stereocenters. The number of thiazole rings is 1. The molecule has 1 fully saturated rings. The first-order valence-corrected chi connectivity index (χ1v) is 10.1. The average molecular weight is 379 g/mol. The standard InChI is InChI=1S/C20H21N5OS/c1-24-17(6-7-22-24)20(26)23-19-14-5-3-2-4-13(14)15-10-25(11-16(15)19)12-18-21-8-9-27-18/h2-9,15-16,19H,10-12H2,1H3,(H,23,26)/t15-,16-,19+/m0/s1. The Labute approximate surface area is 161 Å². The number of fused-ring (bicyclic) bond motifs is 3. The molecule has 1 N–H and O–H groups in total. The minimum atomic E-state index is -0.0613. The summed E-state index contributed by atoms with van der Waals surface area (Å²) in [4.78, 5) is 19.7. The van der Waals surface area contributed by atoms with E-state index in [0.717, 1.165) is 24.6 Å². The van der Waals surface area contributed by atoms with Crippen LogP contribution in [0.15, 0.2) is 48.1 Å². The minimum absolute atomic E-state index is 0.0369. The molecule has 0 spiro atoms. The highest BCUT2D eigenvalue weighted by Gasteiger charge is 2.46. The molecule has 27 heavy (non-hydrogen) atoms. The van der Waals surface area contributed by atoms with Crippen molar-refractivity contribution in [2.75, 3.05) is 13.1 Å². The van der Waals surface area contributed by atoms with E-state index in [4.69, 9.17) is 0 Å². The van der Waals surface area contributed by atoms with Crippen LogP contribution in [0.5, 0.6) is 0 Å². The second kappa shape index (κ2) is 6.58. The van der Waals surface area contributed by atoms with Gasteiger partial charge in [-0.3, -0.25) is 14.4 Å². The molecule has 1 saturated heterocycles. The quantitative estimate of drug-likeness (QED) is 0.757. The number of amides is 1. The van der Waals surface area contributed by atoms with Gasteiger partial charge in [0, 0.05) is 49.7 Å². The molecule has 3 heterocycles. The third kappa shape index (κ3) is 2.87. The molecule has 0 saturated carbocycles. The van der Waals surface area contributed by atoms with Gasteiger partial charge in [-0.05, 0) is 17.2 Å². The van der Waals surface area contributed by atoms with Crippen molar-refractivity contribution in [3.05, 3.63) is 69.9 Å². The summed E-state index contributed by atoms with van der Waals surface area (Å²) in [5.74, 6) is 0.784. The smallest absolute Gasteiger partial charge is 0.270 e. The number of carbonyl (C=O) groups is 1. The number of nitrogens with one attached hydrogen (secondary N) is 1. The summed E-state index contributed by atoms with van der Waals surface area (Å²) in [6, 6.07) is 10.3. The van der Waals surface area contributed by atoms with Crippen molar-refractivity contribution < 1.29 is 4.79 Å². The lowest BCUT2D eigenvalue weighted by Gasteiger charge is -2.22. The van der Waals surface area contributed by atoms with Crippen LogP contribution in [0.1, 0.15) is 38.6 Å². The van der Waals surface area contributed by atoms with E-state index in [1.165, 1.54) is 11.1 Å². The molecule has 0 bridgehead atoms. The van der Waals surface area contributed by atoms with Crippen LogP contribution in [-0.4, -0.2) is 38.7 Å². The number of nitrogens with zero attached hydrogens (tertiary/aromatic N) is 4. The Bertz CT molecular complexity index is 966. The third-order valence-corrected chi connectivity index (χ3v) is 6.55. The van der Waals surface area contributed by atoms with Crippen LogP contribution in [0.3, 0.4) is 0 Å². The van der Waals surface area contributed by atoms with Gasteiger partial charge in [0.1, 0.15) is 10.7 Å². The first-order chi connectivity index (χ1) is 13.2. The minimum Gasteiger partial charge on any atom is -0.344 e. The molecule has 5 rings (SSSR count). The second-order valence-corrected chi connectivity index (χ2v) is 8.29. The van der Waals surface area contributed by atoms with Gasteiger partial charge in [0.2, 0.25) is 0 Å². The molecule has 3 aromatic rings. The Hall–Kier alpha value is -2.51. The zero-order valence-electron chi connectivity index (χ0n) is 15.1. The molecular weight excluding hydrogens is 358 g/mol. The van der Waals surface area contributed by atoms with Crippen LogP contribution in [0.2, 0.25) is 0 Å². The molecule has 0 radical (unpaired) electrons. The molecule has 1 aliphatic carbocycles. The van der Waals surface area contributed by atoms with E-state index < -0.39 is 0 Å². The number of rotatable bonds is 4. The molecule has 1 amide bonds. The number of likely N-dealkylation sites (tertiary alicyclic amines) is 1. The fourth-order valence-electron chi connectivity index (χ4n) is 4.59. The van der Waals surface area contributed by atoms with Crippen molar-refractivity contribution >= 4 is 17.2 Å². The number of hydrogen-bond acceptors (Lipinski definition) is 5. The van der Waals surface area contributed by atoms with Crippen LogP contribution < -0.4 is 5.32 Å². The van der Waals surface area contributed by atoms with E-state index in [-0.39, 0.29) is 11.9 Å². The molecule has 1 aromatic carbocycles.